The van der Waals surface area contributed by atoms with Crippen molar-refractivity contribution in [3.05, 3.63) is 59.7 Å². The van der Waals surface area contributed by atoms with Gasteiger partial charge >= 0.3 is 6.36 Å². The topological polar surface area (TPSA) is 50.4 Å². The molecule has 0 saturated heterocycles. The number of halogens is 4. The molecule has 0 aliphatic heterocycles. The normalized spacial score (nSPS) is 20.5. The third-order valence-electron chi connectivity index (χ3n) is 5.10. The number of anilines is 1. The van der Waals surface area contributed by atoms with Crippen molar-refractivity contribution in [2.75, 3.05) is 11.9 Å². The first-order chi connectivity index (χ1) is 13.4. The van der Waals surface area contributed by atoms with E-state index in [0.717, 1.165) is 31.0 Å². The van der Waals surface area contributed by atoms with E-state index >= 15 is 0 Å². The van der Waals surface area contributed by atoms with Crippen LogP contribution in [-0.4, -0.2) is 24.9 Å². The summed E-state index contributed by atoms with van der Waals surface area (Å²) in [6.45, 7) is 1.11. The molecule has 2 aromatic rings. The van der Waals surface area contributed by atoms with Gasteiger partial charge in [0, 0.05) is 23.2 Å². The van der Waals surface area contributed by atoms with Crippen molar-refractivity contribution >= 4 is 24.0 Å². The first-order valence-electron chi connectivity index (χ1n) is 9.38. The molecular formula is C21H22ClF3N2O2. The van der Waals surface area contributed by atoms with Crippen molar-refractivity contribution < 1.29 is 22.7 Å². The Morgan fingerprint density at radius 2 is 1.69 bits per heavy atom. The molecule has 29 heavy (non-hydrogen) atoms. The Kier molecular flexibility index (Phi) is 6.39. The molecule has 2 saturated carbocycles. The highest BCUT2D eigenvalue weighted by Crippen LogP contribution is 2.42. The Labute approximate surface area is 173 Å². The maximum absolute atomic E-state index is 12.3. The van der Waals surface area contributed by atoms with Crippen LogP contribution in [0.15, 0.2) is 48.5 Å². The molecule has 2 aliphatic rings. The van der Waals surface area contributed by atoms with Crippen LogP contribution in [-0.2, 0) is 0 Å². The van der Waals surface area contributed by atoms with Crippen LogP contribution >= 0.6 is 12.4 Å². The molecule has 0 aromatic heterocycles. The van der Waals surface area contributed by atoms with Crippen LogP contribution in [0.2, 0.25) is 0 Å². The Morgan fingerprint density at radius 3 is 2.28 bits per heavy atom. The number of carbonyl (C=O) groups excluding carboxylic acids is 1. The summed E-state index contributed by atoms with van der Waals surface area (Å²) in [6, 6.07) is 13.1. The van der Waals surface area contributed by atoms with Gasteiger partial charge in [-0.1, -0.05) is 12.1 Å². The van der Waals surface area contributed by atoms with E-state index in [-0.39, 0.29) is 29.6 Å². The number of hydrogen-bond donors (Lipinski definition) is 2. The Hall–Kier alpha value is -2.25. The van der Waals surface area contributed by atoms with Crippen LogP contribution in [0.4, 0.5) is 18.9 Å². The molecule has 2 unspecified atom stereocenters. The lowest BCUT2D eigenvalue weighted by molar-refractivity contribution is -0.274. The highest BCUT2D eigenvalue weighted by atomic mass is 35.5. The van der Waals surface area contributed by atoms with Gasteiger partial charge < -0.3 is 15.4 Å². The van der Waals surface area contributed by atoms with Gasteiger partial charge in [0.1, 0.15) is 5.75 Å². The molecule has 4 rings (SSSR count). The minimum Gasteiger partial charge on any atom is -0.406 e. The summed E-state index contributed by atoms with van der Waals surface area (Å²) in [5.74, 6) is 0.655. The second kappa shape index (κ2) is 8.63. The van der Waals surface area contributed by atoms with Crippen molar-refractivity contribution in [1.82, 2.24) is 5.32 Å². The molecule has 2 aliphatic carbocycles. The van der Waals surface area contributed by atoms with E-state index < -0.39 is 6.36 Å². The minimum absolute atomic E-state index is 0. The molecule has 0 bridgehead atoms. The molecule has 2 aromatic carbocycles. The average molecular weight is 427 g/mol. The average Bonchev–Trinajstić information content (AvgIpc) is 3.54. The SMILES string of the molecule is Cl.O=C(Nc1ccc(C2CC2NCC2CC2)cc1)c1ccc(OC(F)(F)F)cc1. The third kappa shape index (κ3) is 6.11. The van der Waals surface area contributed by atoms with Gasteiger partial charge in [0.15, 0.2) is 0 Å². The first kappa shape index (κ1) is 21.5. The van der Waals surface area contributed by atoms with Crippen molar-refractivity contribution in [3.63, 3.8) is 0 Å². The fourth-order valence-electron chi connectivity index (χ4n) is 3.25. The number of alkyl halides is 3. The molecule has 0 radical (unpaired) electrons. The van der Waals surface area contributed by atoms with Crippen molar-refractivity contribution in [2.45, 2.75) is 37.6 Å². The summed E-state index contributed by atoms with van der Waals surface area (Å²) in [4.78, 5) is 12.3. The molecule has 2 N–H and O–H groups in total. The van der Waals surface area contributed by atoms with Crippen LogP contribution in [0.25, 0.3) is 0 Å². The zero-order valence-electron chi connectivity index (χ0n) is 15.5. The predicted octanol–water partition coefficient (Wildman–Crippen LogP) is 5.11. The van der Waals surface area contributed by atoms with Crippen molar-refractivity contribution in [3.8, 4) is 5.75 Å². The molecule has 1 amide bonds. The van der Waals surface area contributed by atoms with E-state index in [9.17, 15) is 18.0 Å². The Balaban J connectivity index is 0.00000240. The maximum atomic E-state index is 12.3. The quantitative estimate of drug-likeness (QED) is 0.646. The summed E-state index contributed by atoms with van der Waals surface area (Å²) >= 11 is 0. The fraction of sp³-hybridized carbons (Fsp3) is 0.381. The molecule has 0 heterocycles. The smallest absolute Gasteiger partial charge is 0.406 e. The van der Waals surface area contributed by atoms with E-state index in [1.54, 1.807) is 0 Å². The fourth-order valence-corrected chi connectivity index (χ4v) is 3.25. The van der Waals surface area contributed by atoms with Gasteiger partial charge in [-0.25, -0.2) is 0 Å². The number of amides is 1. The largest absolute Gasteiger partial charge is 0.573 e. The molecule has 0 spiro atoms. The van der Waals surface area contributed by atoms with Crippen molar-refractivity contribution in [2.24, 2.45) is 5.92 Å². The standard InChI is InChI=1S/C21H21F3N2O2.ClH/c22-21(23,24)28-17-9-5-15(6-10-17)20(27)26-16-7-3-14(4-8-16)18-11-19(18)25-12-13-1-2-13;/h3-10,13,18-19,25H,1-2,11-12H2,(H,26,27);1H. The van der Waals surface area contributed by atoms with E-state index in [0.29, 0.717) is 17.6 Å². The van der Waals surface area contributed by atoms with E-state index in [2.05, 4.69) is 15.4 Å². The van der Waals surface area contributed by atoms with Crippen LogP contribution < -0.4 is 15.4 Å². The van der Waals surface area contributed by atoms with Crippen LogP contribution in [0.5, 0.6) is 5.75 Å². The number of hydrogen-bond acceptors (Lipinski definition) is 3. The van der Waals surface area contributed by atoms with Crippen molar-refractivity contribution in [1.29, 1.82) is 0 Å². The summed E-state index contributed by atoms with van der Waals surface area (Å²) in [7, 11) is 0. The highest BCUT2D eigenvalue weighted by Gasteiger charge is 2.38. The van der Waals surface area contributed by atoms with Gasteiger partial charge in [0.25, 0.3) is 5.91 Å². The molecule has 156 valence electrons. The summed E-state index contributed by atoms with van der Waals surface area (Å²) in [6.07, 6.45) is -0.919. The minimum atomic E-state index is -4.75. The zero-order chi connectivity index (χ0) is 19.7. The summed E-state index contributed by atoms with van der Waals surface area (Å²) < 4.78 is 40.3. The lowest BCUT2D eigenvalue weighted by atomic mass is 10.1. The van der Waals surface area contributed by atoms with Gasteiger partial charge in [-0.05, 0) is 73.7 Å². The highest BCUT2D eigenvalue weighted by molar-refractivity contribution is 6.04. The summed E-state index contributed by atoms with van der Waals surface area (Å²) in [5, 5.41) is 6.36. The zero-order valence-corrected chi connectivity index (χ0v) is 16.4. The molecule has 2 fully saturated rings. The van der Waals surface area contributed by atoms with Gasteiger partial charge in [-0.2, -0.15) is 0 Å². The van der Waals surface area contributed by atoms with E-state index in [1.807, 2.05) is 24.3 Å². The number of rotatable bonds is 7. The first-order valence-corrected chi connectivity index (χ1v) is 9.38. The van der Waals surface area contributed by atoms with Crippen LogP contribution in [0.3, 0.4) is 0 Å². The number of ether oxygens (including phenoxy) is 1. The second-order valence-electron chi connectivity index (χ2n) is 7.45. The lowest BCUT2D eigenvalue weighted by Crippen LogP contribution is -2.20. The van der Waals surface area contributed by atoms with Gasteiger partial charge in [-0.3, -0.25) is 4.79 Å². The maximum Gasteiger partial charge on any atom is 0.573 e. The van der Waals surface area contributed by atoms with Crippen LogP contribution in [0.1, 0.15) is 41.1 Å². The molecule has 8 heteroatoms. The predicted molar refractivity (Wildman–Crippen MR) is 107 cm³/mol. The Morgan fingerprint density at radius 1 is 1.03 bits per heavy atom. The number of carbonyl (C=O) groups is 1. The lowest BCUT2D eigenvalue weighted by Gasteiger charge is -2.10. The molecule has 2 atom stereocenters. The number of benzene rings is 2. The Bertz CT molecular complexity index is 836. The molecular weight excluding hydrogens is 405 g/mol. The monoisotopic (exact) mass is 426 g/mol. The van der Waals surface area contributed by atoms with Gasteiger partial charge in [0.2, 0.25) is 0 Å². The number of nitrogens with one attached hydrogen (secondary N) is 2. The van der Waals surface area contributed by atoms with Gasteiger partial charge in [0.05, 0.1) is 0 Å². The second-order valence-corrected chi connectivity index (χ2v) is 7.45. The molecule has 4 nitrogen and oxygen atoms in total. The van der Waals surface area contributed by atoms with Crippen LogP contribution in [0, 0.1) is 5.92 Å². The van der Waals surface area contributed by atoms with Gasteiger partial charge in [-0.15, -0.1) is 25.6 Å². The third-order valence-corrected chi connectivity index (χ3v) is 5.10. The van der Waals surface area contributed by atoms with E-state index in [1.165, 1.54) is 30.5 Å². The summed E-state index contributed by atoms with van der Waals surface area (Å²) in [5.41, 5.74) is 2.15. The van der Waals surface area contributed by atoms with E-state index in [4.69, 9.17) is 0 Å².